The molecule has 2 heterocycles. The average Bonchev–Trinajstić information content (AvgIpc) is 2.95. The van der Waals surface area contributed by atoms with Gasteiger partial charge in [-0.15, -0.1) is 0 Å². The van der Waals surface area contributed by atoms with E-state index in [-0.39, 0.29) is 11.3 Å². The molecule has 0 aliphatic carbocycles. The van der Waals surface area contributed by atoms with Crippen molar-refractivity contribution in [1.82, 2.24) is 9.88 Å². The fourth-order valence-corrected chi connectivity index (χ4v) is 3.73. The van der Waals surface area contributed by atoms with Crippen LogP contribution in [0.2, 0.25) is 0 Å². The average molecular weight is 443 g/mol. The molecule has 1 aromatic carbocycles. The van der Waals surface area contributed by atoms with E-state index in [4.69, 9.17) is 0 Å². The van der Waals surface area contributed by atoms with Crippen LogP contribution in [0.15, 0.2) is 52.8 Å². The summed E-state index contributed by atoms with van der Waals surface area (Å²) in [5.41, 5.74) is 2.35. The number of halogens is 1. The number of aromatic nitrogens is 1. The molecule has 1 aliphatic rings. The Morgan fingerprint density at radius 1 is 1.18 bits per heavy atom. The number of likely N-dealkylation sites (tertiary alicyclic amines) is 1. The summed E-state index contributed by atoms with van der Waals surface area (Å²) in [6.45, 7) is 4.47. The molecule has 1 N–H and O–H groups in total. The van der Waals surface area contributed by atoms with E-state index in [1.54, 1.807) is 41.6 Å². The Morgan fingerprint density at radius 3 is 2.54 bits per heavy atom. The minimum absolute atomic E-state index is 0.134. The largest absolute Gasteiger partial charge is 0.507 e. The van der Waals surface area contributed by atoms with Crippen molar-refractivity contribution in [2.24, 2.45) is 0 Å². The minimum Gasteiger partial charge on any atom is -0.507 e. The number of aryl methyl sites for hydroxylation is 1. The van der Waals surface area contributed by atoms with E-state index in [0.717, 1.165) is 34.9 Å². The fraction of sp³-hybridized carbons (Fsp3) is 0.318. The van der Waals surface area contributed by atoms with Crippen LogP contribution in [0.3, 0.4) is 0 Å². The number of carbonyl (C=O) groups is 2. The molecular weight excluding hydrogens is 420 g/mol. The number of hydrogen-bond acceptors (Lipinski definition) is 4. The van der Waals surface area contributed by atoms with E-state index in [1.807, 2.05) is 13.0 Å². The fourth-order valence-electron chi connectivity index (χ4n) is 3.48. The molecule has 0 saturated carbocycles. The number of Topliss-reactive ketones (excluding diaryl/α,β-unsaturated/α-hetero) is 1. The molecule has 146 valence electrons. The number of unbranched alkanes of at least 4 members (excludes halogenated alkanes) is 2. The maximum absolute atomic E-state index is 12.9. The van der Waals surface area contributed by atoms with Crippen LogP contribution in [-0.4, -0.2) is 33.2 Å². The van der Waals surface area contributed by atoms with Crippen molar-refractivity contribution in [1.29, 1.82) is 0 Å². The maximum atomic E-state index is 12.9. The number of rotatable bonds is 6. The first-order valence-electron chi connectivity index (χ1n) is 9.40. The molecule has 0 spiro atoms. The molecule has 0 bridgehead atoms. The molecule has 1 aliphatic heterocycles. The SMILES string of the molecule is CCCCCN1C(=O)C(=O)/C(=C(\O)c2ccc(Br)c(C)c2)C1c1ccncc1. The standard InChI is InChI=1S/C22H23BrN2O3/c1-3-4-5-12-25-19(15-8-10-24-11-9-15)18(21(27)22(25)28)20(26)16-6-7-17(23)14(2)13-16/h6-11,13,19,26H,3-5,12H2,1-2H3/b20-18-. The first-order valence-corrected chi connectivity index (χ1v) is 10.2. The Hall–Kier alpha value is -2.47. The van der Waals surface area contributed by atoms with Gasteiger partial charge < -0.3 is 10.0 Å². The van der Waals surface area contributed by atoms with Crippen LogP contribution >= 0.6 is 15.9 Å². The highest BCUT2D eigenvalue weighted by atomic mass is 79.9. The van der Waals surface area contributed by atoms with Crippen LogP contribution in [0.5, 0.6) is 0 Å². The number of pyridine rings is 1. The van der Waals surface area contributed by atoms with E-state index in [0.29, 0.717) is 12.1 Å². The van der Waals surface area contributed by atoms with Gasteiger partial charge in [0.05, 0.1) is 11.6 Å². The monoisotopic (exact) mass is 442 g/mol. The van der Waals surface area contributed by atoms with Gasteiger partial charge in [0.1, 0.15) is 5.76 Å². The number of benzene rings is 1. The molecule has 1 unspecified atom stereocenters. The third kappa shape index (κ3) is 3.87. The van der Waals surface area contributed by atoms with Crippen molar-refractivity contribution < 1.29 is 14.7 Å². The lowest BCUT2D eigenvalue weighted by molar-refractivity contribution is -0.139. The Balaban J connectivity index is 2.12. The van der Waals surface area contributed by atoms with Gasteiger partial charge in [-0.2, -0.15) is 0 Å². The third-order valence-corrected chi connectivity index (χ3v) is 5.89. The molecule has 3 rings (SSSR count). The molecule has 1 fully saturated rings. The number of ketones is 1. The lowest BCUT2D eigenvalue weighted by Gasteiger charge is -2.25. The highest BCUT2D eigenvalue weighted by molar-refractivity contribution is 9.10. The molecule has 28 heavy (non-hydrogen) atoms. The quantitative estimate of drug-likeness (QED) is 0.302. The van der Waals surface area contributed by atoms with E-state index in [2.05, 4.69) is 27.8 Å². The van der Waals surface area contributed by atoms with Gasteiger partial charge in [-0.3, -0.25) is 14.6 Å². The molecule has 5 nitrogen and oxygen atoms in total. The first-order chi connectivity index (χ1) is 13.5. The molecule has 1 saturated heterocycles. The second-order valence-corrected chi connectivity index (χ2v) is 7.80. The summed E-state index contributed by atoms with van der Waals surface area (Å²) in [6, 6.07) is 8.31. The highest BCUT2D eigenvalue weighted by Crippen LogP contribution is 2.39. The Kier molecular flexibility index (Phi) is 6.29. The Labute approximate surface area is 173 Å². The van der Waals surface area contributed by atoms with Crippen LogP contribution in [0, 0.1) is 6.92 Å². The number of hydrogen-bond donors (Lipinski definition) is 1. The zero-order valence-electron chi connectivity index (χ0n) is 16.0. The number of amides is 1. The molecule has 1 aromatic heterocycles. The van der Waals surface area contributed by atoms with Crippen molar-refractivity contribution >= 4 is 33.4 Å². The van der Waals surface area contributed by atoms with Crippen molar-refractivity contribution in [3.05, 3.63) is 69.5 Å². The minimum atomic E-state index is -0.642. The van der Waals surface area contributed by atoms with Crippen molar-refractivity contribution in [2.45, 2.75) is 39.2 Å². The Bertz CT molecular complexity index is 925. The lowest BCUT2D eigenvalue weighted by atomic mass is 9.95. The van der Waals surface area contributed by atoms with Gasteiger partial charge in [0, 0.05) is 29.0 Å². The van der Waals surface area contributed by atoms with Gasteiger partial charge in [0.25, 0.3) is 11.7 Å². The Morgan fingerprint density at radius 2 is 1.89 bits per heavy atom. The summed E-state index contributed by atoms with van der Waals surface area (Å²) in [4.78, 5) is 31.2. The van der Waals surface area contributed by atoms with Crippen LogP contribution < -0.4 is 0 Å². The molecule has 1 amide bonds. The lowest BCUT2D eigenvalue weighted by Crippen LogP contribution is -2.30. The summed E-state index contributed by atoms with van der Waals surface area (Å²) in [7, 11) is 0. The van der Waals surface area contributed by atoms with Crippen molar-refractivity contribution in [2.75, 3.05) is 6.54 Å². The van der Waals surface area contributed by atoms with Crippen LogP contribution in [0.4, 0.5) is 0 Å². The van der Waals surface area contributed by atoms with E-state index in [1.165, 1.54) is 0 Å². The highest BCUT2D eigenvalue weighted by Gasteiger charge is 2.45. The van der Waals surface area contributed by atoms with Crippen molar-refractivity contribution in [3.63, 3.8) is 0 Å². The molecule has 1 atom stereocenters. The van der Waals surface area contributed by atoms with E-state index in [9.17, 15) is 14.7 Å². The van der Waals surface area contributed by atoms with Crippen LogP contribution in [0.25, 0.3) is 5.76 Å². The maximum Gasteiger partial charge on any atom is 0.295 e. The van der Waals surface area contributed by atoms with Gasteiger partial charge in [-0.25, -0.2) is 0 Å². The summed E-state index contributed by atoms with van der Waals surface area (Å²) < 4.78 is 0.912. The number of aliphatic hydroxyl groups is 1. The van der Waals surface area contributed by atoms with Gasteiger partial charge in [-0.05, 0) is 48.7 Å². The normalized spacial score (nSPS) is 18.7. The zero-order chi connectivity index (χ0) is 20.3. The van der Waals surface area contributed by atoms with Gasteiger partial charge in [-0.1, -0.05) is 41.8 Å². The van der Waals surface area contributed by atoms with Gasteiger partial charge in [0.2, 0.25) is 0 Å². The predicted octanol–water partition coefficient (Wildman–Crippen LogP) is 4.76. The molecular formula is C22H23BrN2O3. The molecule has 0 radical (unpaired) electrons. The van der Waals surface area contributed by atoms with Crippen LogP contribution in [-0.2, 0) is 9.59 Å². The topological polar surface area (TPSA) is 70.5 Å². The van der Waals surface area contributed by atoms with Crippen molar-refractivity contribution in [3.8, 4) is 0 Å². The second-order valence-electron chi connectivity index (χ2n) is 6.94. The van der Waals surface area contributed by atoms with E-state index >= 15 is 0 Å². The predicted molar refractivity (Wildman–Crippen MR) is 112 cm³/mol. The smallest absolute Gasteiger partial charge is 0.295 e. The summed E-state index contributed by atoms with van der Waals surface area (Å²) >= 11 is 3.44. The van der Waals surface area contributed by atoms with Crippen LogP contribution in [0.1, 0.15) is 48.9 Å². The zero-order valence-corrected chi connectivity index (χ0v) is 17.6. The second kappa shape index (κ2) is 8.69. The number of nitrogens with zero attached hydrogens (tertiary/aromatic N) is 2. The number of carbonyl (C=O) groups excluding carboxylic acids is 2. The number of aliphatic hydroxyl groups excluding tert-OH is 1. The summed E-state index contributed by atoms with van der Waals surface area (Å²) in [5.74, 6) is -1.35. The van der Waals surface area contributed by atoms with E-state index < -0.39 is 17.7 Å². The first kappa shape index (κ1) is 20.3. The molecule has 2 aromatic rings. The molecule has 6 heteroatoms. The summed E-state index contributed by atoms with van der Waals surface area (Å²) in [6.07, 6.45) is 6.05. The van der Waals surface area contributed by atoms with Gasteiger partial charge >= 0.3 is 0 Å². The van der Waals surface area contributed by atoms with Gasteiger partial charge in [0.15, 0.2) is 0 Å². The third-order valence-electron chi connectivity index (χ3n) is 5.00. The summed E-state index contributed by atoms with van der Waals surface area (Å²) in [5, 5.41) is 11.0.